The van der Waals surface area contributed by atoms with Gasteiger partial charge in [0.05, 0.1) is 24.2 Å². The largest absolute Gasteiger partial charge is 0.394 e. The number of aliphatic hydroxyl groups is 3. The van der Waals surface area contributed by atoms with Gasteiger partial charge in [-0.1, -0.05) is 54.6 Å². The normalized spacial score (nSPS) is 37.2. The van der Waals surface area contributed by atoms with Crippen LogP contribution in [0.3, 0.4) is 0 Å². The first kappa shape index (κ1) is 25.0. The quantitative estimate of drug-likeness (QED) is 0.403. The monoisotopic (exact) mass is 529 g/mol. The van der Waals surface area contributed by atoms with E-state index in [2.05, 4.69) is 0 Å². The molecule has 1 heterocycles. The van der Waals surface area contributed by atoms with Crippen LogP contribution in [0.5, 0.6) is 0 Å². The van der Waals surface area contributed by atoms with Crippen molar-refractivity contribution in [2.75, 3.05) is 6.61 Å². The van der Waals surface area contributed by atoms with Crippen LogP contribution in [0.1, 0.15) is 45.8 Å². The Morgan fingerprint density at radius 1 is 0.974 bits per heavy atom. The molecule has 3 aromatic carbocycles. The molecule has 2 fully saturated rings. The number of aryl methyl sites for hydroxylation is 1. The molecule has 39 heavy (non-hydrogen) atoms. The molecule has 3 aromatic rings. The number of hydrogen-bond donors (Lipinski definition) is 4. The van der Waals surface area contributed by atoms with Crippen molar-refractivity contribution in [3.8, 4) is 0 Å². The molecule has 7 rings (SSSR count). The fourth-order valence-electron chi connectivity index (χ4n) is 7.71. The average molecular weight is 530 g/mol. The number of fused-ring (bicyclic) bond motifs is 7. The van der Waals surface area contributed by atoms with Gasteiger partial charge in [-0.05, 0) is 46.4 Å². The molecule has 1 saturated heterocycles. The molecule has 202 valence electrons. The van der Waals surface area contributed by atoms with E-state index in [1.54, 1.807) is 0 Å². The average Bonchev–Trinajstić information content (AvgIpc) is 3.42. The molecule has 0 aromatic heterocycles. The zero-order valence-corrected chi connectivity index (χ0v) is 21.3. The fraction of sp³-hybridized carbons (Fsp3) is 0.419. The molecule has 8 nitrogen and oxygen atoms in total. The van der Waals surface area contributed by atoms with Crippen molar-refractivity contribution in [3.05, 3.63) is 82.9 Å². The van der Waals surface area contributed by atoms with Crippen molar-refractivity contribution in [1.29, 1.82) is 0 Å². The second-order valence-corrected chi connectivity index (χ2v) is 11.3. The van der Waals surface area contributed by atoms with E-state index in [1.165, 1.54) is 0 Å². The molecule has 1 saturated carbocycles. The maximum absolute atomic E-state index is 14.3. The Hall–Kier alpha value is -2.98. The summed E-state index contributed by atoms with van der Waals surface area (Å²) in [5.41, 5.74) is 8.51. The number of hydrogen-bond acceptors (Lipinski definition) is 8. The highest BCUT2D eigenvalue weighted by atomic mass is 16.7. The number of Topliss-reactive ketones (excluding diaryl/α,β-unsaturated/α-hetero) is 2. The van der Waals surface area contributed by atoms with Gasteiger partial charge in [-0.2, -0.15) is 0 Å². The van der Waals surface area contributed by atoms with E-state index >= 15 is 0 Å². The summed E-state index contributed by atoms with van der Waals surface area (Å²) in [6, 6.07) is 18.6. The van der Waals surface area contributed by atoms with Gasteiger partial charge in [0.2, 0.25) is 0 Å². The summed E-state index contributed by atoms with van der Waals surface area (Å²) in [6.07, 6.45) is -4.60. The molecule has 0 radical (unpaired) electrons. The maximum Gasteiger partial charge on any atom is 0.176 e. The van der Waals surface area contributed by atoms with Crippen LogP contribution in [0.2, 0.25) is 0 Å². The molecule has 1 spiro atoms. The second-order valence-electron chi connectivity index (χ2n) is 11.3. The number of ketones is 2. The molecule has 0 unspecified atom stereocenters. The minimum Gasteiger partial charge on any atom is -0.394 e. The van der Waals surface area contributed by atoms with Crippen molar-refractivity contribution >= 4 is 22.3 Å². The van der Waals surface area contributed by atoms with Gasteiger partial charge < -0.3 is 30.5 Å². The Balaban J connectivity index is 1.40. The van der Waals surface area contributed by atoms with Crippen molar-refractivity contribution in [1.82, 2.24) is 0 Å². The van der Waals surface area contributed by atoms with Crippen LogP contribution in [0.15, 0.2) is 60.7 Å². The molecular weight excluding hydrogens is 498 g/mol. The van der Waals surface area contributed by atoms with Crippen LogP contribution in [0.25, 0.3) is 10.8 Å². The van der Waals surface area contributed by atoms with Crippen LogP contribution in [0.4, 0.5) is 0 Å². The van der Waals surface area contributed by atoms with Gasteiger partial charge in [-0.3, -0.25) is 9.59 Å². The maximum atomic E-state index is 14.3. The third-order valence-electron chi connectivity index (χ3n) is 9.50. The zero-order chi connectivity index (χ0) is 27.1. The highest BCUT2D eigenvalue weighted by Gasteiger charge is 2.67. The summed E-state index contributed by atoms with van der Waals surface area (Å²) < 4.78 is 12.3. The Bertz CT molecular complexity index is 1490. The number of aliphatic hydroxyl groups excluding tert-OH is 3. The standard InChI is InChI=1S/C31H31NO7/c32-26-29(37)28(36)22(14-33)38-30(26)39-24-13-20-25(31(24)21-8-4-3-5-15(21)9-10-23(31)34)18-11-16-6-1-2-7-17(16)12-19(18)27(20)35/h1-8,11-12,20,22,24-26,28-30,33,36-37H,9-10,13-14,32H2/t20-,22-,24-,25-,26-,28+,29-,30+,31-/m1/s1. The van der Waals surface area contributed by atoms with E-state index in [-0.39, 0.29) is 18.0 Å². The molecule has 0 bridgehead atoms. The van der Waals surface area contributed by atoms with Crippen molar-refractivity contribution in [3.63, 3.8) is 0 Å². The molecule has 9 atom stereocenters. The van der Waals surface area contributed by atoms with Crippen molar-refractivity contribution in [2.24, 2.45) is 11.7 Å². The first-order valence-corrected chi connectivity index (χ1v) is 13.6. The first-order chi connectivity index (χ1) is 18.9. The second kappa shape index (κ2) is 9.02. The molecule has 1 aliphatic heterocycles. The predicted molar refractivity (Wildman–Crippen MR) is 141 cm³/mol. The Morgan fingerprint density at radius 2 is 1.69 bits per heavy atom. The number of rotatable bonds is 3. The topological polar surface area (TPSA) is 139 Å². The van der Waals surface area contributed by atoms with Gasteiger partial charge in [-0.15, -0.1) is 0 Å². The molecule has 3 aliphatic carbocycles. The summed E-state index contributed by atoms with van der Waals surface area (Å²) >= 11 is 0. The summed E-state index contributed by atoms with van der Waals surface area (Å²) in [5.74, 6) is -0.885. The lowest BCUT2D eigenvalue weighted by Crippen LogP contribution is -2.64. The van der Waals surface area contributed by atoms with E-state index in [9.17, 15) is 24.9 Å². The number of benzene rings is 3. The summed E-state index contributed by atoms with van der Waals surface area (Å²) in [7, 11) is 0. The SMILES string of the molecule is N[C@H]1[C@H](O[C@@H]2C[C@H]3C(=O)c4cc5ccccc5cc4[C@H]3[C@]23C(=O)CCc2ccccc23)O[C@H](CO)[C@H](O)[C@@H]1O. The van der Waals surface area contributed by atoms with Gasteiger partial charge in [-0.25, -0.2) is 0 Å². The number of carbonyl (C=O) groups is 2. The Labute approximate surface area is 225 Å². The molecule has 5 N–H and O–H groups in total. The Kier molecular flexibility index (Phi) is 5.79. The molecule has 8 heteroatoms. The van der Waals surface area contributed by atoms with Crippen LogP contribution in [-0.2, 0) is 26.1 Å². The van der Waals surface area contributed by atoms with E-state index in [0.717, 1.165) is 27.5 Å². The fourth-order valence-corrected chi connectivity index (χ4v) is 7.71. The third-order valence-corrected chi connectivity index (χ3v) is 9.50. The Morgan fingerprint density at radius 3 is 2.46 bits per heavy atom. The zero-order valence-electron chi connectivity index (χ0n) is 21.3. The summed E-state index contributed by atoms with van der Waals surface area (Å²) in [6.45, 7) is -0.535. The van der Waals surface area contributed by atoms with Crippen LogP contribution >= 0.6 is 0 Å². The minimum absolute atomic E-state index is 0.000338. The third kappa shape index (κ3) is 3.40. The first-order valence-electron chi connectivity index (χ1n) is 13.6. The van der Waals surface area contributed by atoms with E-state index in [1.807, 2.05) is 60.7 Å². The number of carbonyl (C=O) groups excluding carboxylic acids is 2. The molecule has 4 aliphatic rings. The van der Waals surface area contributed by atoms with Gasteiger partial charge in [0.25, 0.3) is 0 Å². The summed E-state index contributed by atoms with van der Waals surface area (Å²) in [4.78, 5) is 28.2. The summed E-state index contributed by atoms with van der Waals surface area (Å²) in [5, 5.41) is 32.6. The number of ether oxygens (including phenoxy) is 2. The van der Waals surface area contributed by atoms with Gasteiger partial charge in [0.1, 0.15) is 24.1 Å². The minimum atomic E-state index is -1.39. The lowest BCUT2D eigenvalue weighted by molar-refractivity contribution is -0.281. The van der Waals surface area contributed by atoms with Crippen molar-refractivity contribution < 1.29 is 34.4 Å². The molecule has 0 amide bonds. The highest BCUT2D eigenvalue weighted by molar-refractivity contribution is 6.09. The van der Waals surface area contributed by atoms with E-state index in [0.29, 0.717) is 18.4 Å². The highest BCUT2D eigenvalue weighted by Crippen LogP contribution is 2.63. The van der Waals surface area contributed by atoms with E-state index in [4.69, 9.17) is 15.2 Å². The van der Waals surface area contributed by atoms with Crippen LogP contribution < -0.4 is 5.73 Å². The van der Waals surface area contributed by atoms with Gasteiger partial charge in [0.15, 0.2) is 12.1 Å². The lowest BCUT2D eigenvalue weighted by atomic mass is 9.60. The molecular formula is C31H31NO7. The van der Waals surface area contributed by atoms with Gasteiger partial charge in [0, 0.05) is 23.8 Å². The number of nitrogens with two attached hydrogens (primary N) is 1. The lowest BCUT2D eigenvalue weighted by Gasteiger charge is -2.46. The van der Waals surface area contributed by atoms with Crippen LogP contribution in [0, 0.1) is 5.92 Å². The van der Waals surface area contributed by atoms with Crippen molar-refractivity contribution in [2.45, 2.75) is 67.3 Å². The predicted octanol–water partition coefficient (Wildman–Crippen LogP) is 1.74. The van der Waals surface area contributed by atoms with Crippen LogP contribution in [-0.4, -0.2) is 70.2 Å². The van der Waals surface area contributed by atoms with E-state index < -0.39 is 60.6 Å². The van der Waals surface area contributed by atoms with Gasteiger partial charge >= 0.3 is 0 Å². The smallest absolute Gasteiger partial charge is 0.176 e.